The molecule has 2 aromatic carbocycles. The summed E-state index contributed by atoms with van der Waals surface area (Å²) >= 11 is 0. The number of carbonyl (C=O) groups excluding carboxylic acids is 2. The minimum absolute atomic E-state index is 0. The molecule has 0 saturated heterocycles. The van der Waals surface area contributed by atoms with E-state index < -0.39 is 69.6 Å². The minimum atomic E-state index is -2.17. The van der Waals surface area contributed by atoms with E-state index >= 15 is 0 Å². The Bertz CT molecular complexity index is 830. The second-order valence-corrected chi connectivity index (χ2v) is 4.27. The smallest absolute Gasteiger partial charge is 0.545 e. The molecule has 140 valence electrons. The van der Waals surface area contributed by atoms with Gasteiger partial charge in [0.25, 0.3) is 0 Å². The van der Waals surface area contributed by atoms with Gasteiger partial charge in [-0.15, -0.1) is 0 Å². The van der Waals surface area contributed by atoms with Gasteiger partial charge in [0.15, 0.2) is 46.5 Å². The largest absolute Gasteiger partial charge is 2.00 e. The van der Waals surface area contributed by atoms with Crippen LogP contribution in [0.1, 0.15) is 20.7 Å². The average Bonchev–Trinajstić information content (AvgIpc) is 2.57. The Morgan fingerprint density at radius 2 is 0.815 bits per heavy atom. The fourth-order valence-electron chi connectivity index (χ4n) is 1.44. The molecule has 0 aliphatic rings. The van der Waals surface area contributed by atoms with Crippen LogP contribution in [0.4, 0.5) is 35.1 Å². The van der Waals surface area contributed by atoms with E-state index in [9.17, 15) is 54.9 Å². The van der Waals surface area contributed by atoms with Crippen LogP contribution in [0.15, 0.2) is 12.1 Å². The van der Waals surface area contributed by atoms with Crippen molar-refractivity contribution in [1.29, 1.82) is 0 Å². The molecule has 0 aliphatic heterocycles. The van der Waals surface area contributed by atoms with Gasteiger partial charge in [-0.25, -0.2) is 35.1 Å². The maximum absolute atomic E-state index is 12.5. The summed E-state index contributed by atoms with van der Waals surface area (Å²) in [5.41, 5.74) is -2.70. The summed E-state index contributed by atoms with van der Waals surface area (Å²) in [7, 11) is 0. The van der Waals surface area contributed by atoms with Crippen molar-refractivity contribution in [2.24, 2.45) is 0 Å². The third-order valence-corrected chi connectivity index (χ3v) is 2.65. The zero-order chi connectivity index (χ0) is 20.3. The molecule has 0 radical (unpaired) electrons. The fraction of sp³-hybridized carbons (Fsp3) is 0. The number of hydrogen-bond donors (Lipinski definition) is 0. The monoisotopic (exact) mass is 524 g/mol. The molecule has 0 N–H and O–H groups in total. The van der Waals surface area contributed by atoms with Crippen molar-refractivity contribution in [2.75, 3.05) is 0 Å². The van der Waals surface area contributed by atoms with Crippen LogP contribution in [0, 0.1) is 46.5 Å². The van der Waals surface area contributed by atoms with Crippen molar-refractivity contribution in [3.63, 3.8) is 0 Å². The van der Waals surface area contributed by atoms with Crippen molar-refractivity contribution in [3.05, 3.63) is 69.8 Å². The van der Waals surface area contributed by atoms with Crippen molar-refractivity contribution in [1.82, 2.24) is 0 Å². The predicted molar refractivity (Wildman–Crippen MR) is 67.0 cm³/mol. The van der Waals surface area contributed by atoms with E-state index in [1.165, 1.54) is 0 Å². The van der Waals surface area contributed by atoms with Gasteiger partial charge in [-0.2, -0.15) is 0 Å². The second-order valence-electron chi connectivity index (χ2n) is 4.27. The first kappa shape index (κ1) is 25.4. The number of hydrogen-bond acceptors (Lipinski definition) is 4. The van der Waals surface area contributed by atoms with E-state index in [0.29, 0.717) is 0 Å². The van der Waals surface area contributed by atoms with Crippen molar-refractivity contribution in [3.8, 4) is 0 Å². The molecule has 0 aromatic heterocycles. The zero-order valence-electron chi connectivity index (χ0n) is 12.5. The Labute approximate surface area is 184 Å². The summed E-state index contributed by atoms with van der Waals surface area (Å²) in [5.74, 6) is -20.2. The molecule has 0 aliphatic carbocycles. The van der Waals surface area contributed by atoms with Crippen LogP contribution in [0.3, 0.4) is 0 Å². The molecule has 2 aromatic rings. The Morgan fingerprint density at radius 3 is 1.04 bits per heavy atom. The number of aromatic carboxylic acids is 2. The van der Waals surface area contributed by atoms with Crippen LogP contribution in [-0.2, 0) is 0 Å². The van der Waals surface area contributed by atoms with E-state index in [-0.39, 0.29) is 61.0 Å². The number of benzene rings is 2. The molecule has 2 rings (SSSR count). The first-order valence-corrected chi connectivity index (χ1v) is 5.98. The van der Waals surface area contributed by atoms with E-state index in [1.807, 2.05) is 0 Å². The molecule has 0 heterocycles. The zero-order valence-corrected chi connectivity index (χ0v) is 17.0. The van der Waals surface area contributed by atoms with Crippen LogP contribution >= 0.6 is 0 Å². The van der Waals surface area contributed by atoms with Gasteiger partial charge in [0.1, 0.15) is 0 Å². The molecule has 0 fully saturated rings. The van der Waals surface area contributed by atoms with Crippen molar-refractivity contribution in [2.45, 2.75) is 0 Å². The maximum atomic E-state index is 12.5. The van der Waals surface area contributed by atoms with E-state index in [4.69, 9.17) is 0 Å². The number of carboxylic acid groups (broad SMARTS) is 2. The van der Waals surface area contributed by atoms with E-state index in [0.717, 1.165) is 0 Å². The molecule has 4 nitrogen and oxygen atoms in total. The van der Waals surface area contributed by atoms with Gasteiger partial charge in [-0.1, -0.05) is 0 Å². The quantitative estimate of drug-likeness (QED) is 0.253. The molecule has 13 heteroatoms. The van der Waals surface area contributed by atoms with Gasteiger partial charge >= 0.3 is 48.9 Å². The molecular weight excluding hydrogens is 521 g/mol. The molecular formula is C14H2BaF8O4. The van der Waals surface area contributed by atoms with Crippen LogP contribution in [0.5, 0.6) is 0 Å². The van der Waals surface area contributed by atoms with Crippen molar-refractivity contribution < 1.29 is 54.9 Å². The normalized spacial score (nSPS) is 9.78. The second kappa shape index (κ2) is 10.1. The van der Waals surface area contributed by atoms with Gasteiger partial charge in [-0.05, 0) is 12.1 Å². The third kappa shape index (κ3) is 5.68. The van der Waals surface area contributed by atoms with Gasteiger partial charge in [-0.3, -0.25) is 0 Å². The first-order valence-electron chi connectivity index (χ1n) is 5.98. The molecule has 0 saturated carbocycles. The SMILES string of the molecule is O=C([O-])c1cc(F)c(F)c(F)c1F.O=C([O-])c1cc(F)c(F)c(F)c1F.[Ba+2]. The van der Waals surface area contributed by atoms with Crippen LogP contribution in [0.25, 0.3) is 0 Å². The van der Waals surface area contributed by atoms with Crippen LogP contribution < -0.4 is 10.2 Å². The standard InChI is InChI=1S/2C7H2F4O2.Ba/c2*8-3-1-2(7(12)13)4(9)6(11)5(3)10;/h2*1H,(H,12,13);/q;;+2/p-2. The Kier molecular flexibility index (Phi) is 9.48. The van der Waals surface area contributed by atoms with Crippen LogP contribution in [0.2, 0.25) is 0 Å². The van der Waals surface area contributed by atoms with Crippen LogP contribution in [-0.4, -0.2) is 60.8 Å². The maximum Gasteiger partial charge on any atom is 2.00 e. The van der Waals surface area contributed by atoms with Crippen molar-refractivity contribution >= 4 is 60.8 Å². The summed E-state index contributed by atoms with van der Waals surface area (Å²) in [5, 5.41) is 20.1. The summed E-state index contributed by atoms with van der Waals surface area (Å²) in [6, 6.07) is 0.0339. The summed E-state index contributed by atoms with van der Waals surface area (Å²) in [6.07, 6.45) is 0. The number of halogens is 8. The first-order chi connectivity index (χ1) is 11.9. The molecule has 0 spiro atoms. The Balaban J connectivity index is 0.000000483. The van der Waals surface area contributed by atoms with Gasteiger partial charge < -0.3 is 19.8 Å². The molecule has 0 amide bonds. The minimum Gasteiger partial charge on any atom is -0.545 e. The summed E-state index contributed by atoms with van der Waals surface area (Å²) in [4.78, 5) is 20.1. The molecule has 0 bridgehead atoms. The Morgan fingerprint density at radius 1 is 0.556 bits per heavy atom. The van der Waals surface area contributed by atoms with Gasteiger partial charge in [0.2, 0.25) is 0 Å². The van der Waals surface area contributed by atoms with E-state index in [2.05, 4.69) is 0 Å². The predicted octanol–water partition coefficient (Wildman–Crippen LogP) is 0.832. The number of carbonyl (C=O) groups is 2. The molecule has 0 atom stereocenters. The molecule has 0 unspecified atom stereocenters. The van der Waals surface area contributed by atoms with Gasteiger partial charge in [0.05, 0.1) is 11.9 Å². The fourth-order valence-corrected chi connectivity index (χ4v) is 1.44. The Hall–Kier alpha value is -1.61. The third-order valence-electron chi connectivity index (χ3n) is 2.65. The summed E-state index contributed by atoms with van der Waals surface area (Å²) < 4.78 is 98.7. The average molecular weight is 523 g/mol. The topological polar surface area (TPSA) is 80.3 Å². The summed E-state index contributed by atoms with van der Waals surface area (Å²) in [6.45, 7) is 0. The number of rotatable bonds is 2. The van der Waals surface area contributed by atoms with Gasteiger partial charge in [0, 0.05) is 11.1 Å². The number of carboxylic acids is 2. The van der Waals surface area contributed by atoms with E-state index in [1.54, 1.807) is 0 Å². The molecule has 27 heavy (non-hydrogen) atoms.